The molecule has 0 unspecified atom stereocenters. The van der Waals surface area contributed by atoms with E-state index in [-0.39, 0.29) is 30.3 Å². The highest BCUT2D eigenvalue weighted by molar-refractivity contribution is 6.21. The van der Waals surface area contributed by atoms with Crippen LogP contribution in [0.1, 0.15) is 70.8 Å². The number of rotatable bonds is 5. The first-order valence-corrected chi connectivity index (χ1v) is 9.86. The molecule has 5 nitrogen and oxygen atoms in total. The van der Waals surface area contributed by atoms with Crippen LogP contribution in [-0.4, -0.2) is 28.8 Å². The molecule has 0 radical (unpaired) electrons. The third kappa shape index (κ3) is 3.57. The first kappa shape index (κ1) is 18.4. The van der Waals surface area contributed by atoms with Crippen molar-refractivity contribution in [1.82, 2.24) is 4.90 Å². The van der Waals surface area contributed by atoms with Crippen LogP contribution in [0.25, 0.3) is 0 Å². The topological polar surface area (TPSA) is 63.7 Å². The highest BCUT2D eigenvalue weighted by atomic mass is 16.5. The maximum atomic E-state index is 12.9. The Hall–Kier alpha value is -2.95. The summed E-state index contributed by atoms with van der Waals surface area (Å²) in [7, 11) is 0. The number of hydrogen-bond acceptors (Lipinski definition) is 4. The molecule has 28 heavy (non-hydrogen) atoms. The van der Waals surface area contributed by atoms with E-state index in [4.69, 9.17) is 4.74 Å². The number of hydrogen-bond donors (Lipinski definition) is 0. The van der Waals surface area contributed by atoms with Crippen molar-refractivity contribution >= 4 is 17.8 Å². The highest BCUT2D eigenvalue weighted by Gasteiger charge is 2.41. The lowest BCUT2D eigenvalue weighted by Gasteiger charge is -2.28. The Morgan fingerprint density at radius 3 is 2.07 bits per heavy atom. The van der Waals surface area contributed by atoms with Crippen molar-refractivity contribution in [3.05, 3.63) is 71.3 Å². The molecule has 1 aliphatic heterocycles. The molecule has 0 saturated heterocycles. The summed E-state index contributed by atoms with van der Waals surface area (Å²) < 4.78 is 5.66. The van der Waals surface area contributed by atoms with Crippen LogP contribution in [0, 0.1) is 0 Å². The van der Waals surface area contributed by atoms with Crippen molar-refractivity contribution in [2.45, 2.75) is 50.7 Å². The van der Waals surface area contributed by atoms with Gasteiger partial charge in [-0.15, -0.1) is 0 Å². The van der Waals surface area contributed by atoms with Crippen molar-refractivity contribution in [2.75, 3.05) is 0 Å². The first-order chi connectivity index (χ1) is 13.6. The van der Waals surface area contributed by atoms with Crippen LogP contribution < -0.4 is 0 Å². The molecule has 1 aliphatic carbocycles. The average Bonchev–Trinajstić information content (AvgIpc) is 2.98. The van der Waals surface area contributed by atoms with Gasteiger partial charge in [-0.1, -0.05) is 48.9 Å². The number of carbonyl (C=O) groups is 3. The van der Waals surface area contributed by atoms with Crippen LogP contribution in [0.5, 0.6) is 0 Å². The molecule has 0 N–H and O–H groups in total. The van der Waals surface area contributed by atoms with Gasteiger partial charge in [0, 0.05) is 0 Å². The van der Waals surface area contributed by atoms with Gasteiger partial charge in [-0.3, -0.25) is 19.3 Å². The molecule has 4 rings (SSSR count). The van der Waals surface area contributed by atoms with E-state index in [1.54, 1.807) is 24.3 Å². The summed E-state index contributed by atoms with van der Waals surface area (Å²) in [6.45, 7) is 0. The summed E-state index contributed by atoms with van der Waals surface area (Å²) in [5.41, 5.74) is 1.51. The van der Waals surface area contributed by atoms with E-state index in [1.165, 1.54) is 11.3 Å². The first-order valence-electron chi connectivity index (χ1n) is 9.86. The summed E-state index contributed by atoms with van der Waals surface area (Å²) in [6, 6.07) is 15.3. The zero-order chi connectivity index (χ0) is 19.5. The molecule has 2 amide bonds. The van der Waals surface area contributed by atoms with Gasteiger partial charge in [0.2, 0.25) is 0 Å². The molecule has 1 heterocycles. The van der Waals surface area contributed by atoms with E-state index in [9.17, 15) is 14.4 Å². The highest BCUT2D eigenvalue weighted by Crippen LogP contribution is 2.34. The van der Waals surface area contributed by atoms with Crippen molar-refractivity contribution in [3.63, 3.8) is 0 Å². The lowest BCUT2D eigenvalue weighted by Crippen LogP contribution is -2.36. The fraction of sp³-hybridized carbons (Fsp3) is 0.348. The SMILES string of the molecule is O=C(C[C@@H](c1ccccc1)N1C(=O)c2ccccc2C1=O)OC1CCCCC1. The Morgan fingerprint density at radius 2 is 1.46 bits per heavy atom. The van der Waals surface area contributed by atoms with E-state index in [1.807, 2.05) is 30.3 Å². The van der Waals surface area contributed by atoms with Gasteiger partial charge in [0.05, 0.1) is 23.6 Å². The molecular weight excluding hydrogens is 354 g/mol. The normalized spacial score (nSPS) is 18.1. The number of amides is 2. The van der Waals surface area contributed by atoms with Crippen molar-refractivity contribution in [2.24, 2.45) is 0 Å². The zero-order valence-electron chi connectivity index (χ0n) is 15.7. The number of fused-ring (bicyclic) bond motifs is 1. The van der Waals surface area contributed by atoms with Crippen LogP contribution in [-0.2, 0) is 9.53 Å². The third-order valence-corrected chi connectivity index (χ3v) is 5.53. The van der Waals surface area contributed by atoms with Gasteiger partial charge in [-0.2, -0.15) is 0 Å². The van der Waals surface area contributed by atoms with Crippen LogP contribution >= 0.6 is 0 Å². The number of esters is 1. The largest absolute Gasteiger partial charge is 0.462 e. The van der Waals surface area contributed by atoms with E-state index in [0.717, 1.165) is 31.2 Å². The Bertz CT molecular complexity index is 851. The lowest BCUT2D eigenvalue weighted by molar-refractivity contribution is -0.151. The van der Waals surface area contributed by atoms with E-state index < -0.39 is 6.04 Å². The van der Waals surface area contributed by atoms with Crippen LogP contribution in [0.3, 0.4) is 0 Å². The van der Waals surface area contributed by atoms with Crippen LogP contribution in [0.4, 0.5) is 0 Å². The standard InChI is InChI=1S/C23H23NO4/c25-21(28-17-11-5-2-6-12-17)15-20(16-9-3-1-4-10-16)24-22(26)18-13-7-8-14-19(18)23(24)27/h1,3-4,7-10,13-14,17,20H,2,5-6,11-12,15H2/t20-/m0/s1. The summed E-state index contributed by atoms with van der Waals surface area (Å²) in [5.74, 6) is -1.09. The molecule has 0 spiro atoms. The van der Waals surface area contributed by atoms with Gasteiger partial charge in [0.1, 0.15) is 6.10 Å². The fourth-order valence-corrected chi connectivity index (χ4v) is 4.10. The monoisotopic (exact) mass is 377 g/mol. The Labute approximate surface area is 164 Å². The number of nitrogens with zero attached hydrogens (tertiary/aromatic N) is 1. The molecule has 1 saturated carbocycles. The van der Waals surface area contributed by atoms with E-state index >= 15 is 0 Å². The van der Waals surface area contributed by atoms with Gasteiger partial charge in [-0.25, -0.2) is 0 Å². The van der Waals surface area contributed by atoms with Gasteiger partial charge >= 0.3 is 5.97 Å². The fourth-order valence-electron chi connectivity index (χ4n) is 4.10. The van der Waals surface area contributed by atoms with Crippen molar-refractivity contribution in [1.29, 1.82) is 0 Å². The summed E-state index contributed by atoms with van der Waals surface area (Å²) in [4.78, 5) is 39.8. The molecule has 144 valence electrons. The second-order valence-corrected chi connectivity index (χ2v) is 7.41. The average molecular weight is 377 g/mol. The molecule has 1 fully saturated rings. The molecule has 0 aromatic heterocycles. The smallest absolute Gasteiger partial charge is 0.308 e. The number of carbonyl (C=O) groups excluding carboxylic acids is 3. The minimum Gasteiger partial charge on any atom is -0.462 e. The molecule has 5 heteroatoms. The van der Waals surface area contributed by atoms with Gasteiger partial charge in [0.25, 0.3) is 11.8 Å². The summed E-state index contributed by atoms with van der Waals surface area (Å²) in [6.07, 6.45) is 4.99. The Kier molecular flexibility index (Phi) is 5.24. The molecule has 0 bridgehead atoms. The van der Waals surface area contributed by atoms with Crippen LogP contribution in [0.15, 0.2) is 54.6 Å². The molecular formula is C23H23NO4. The Balaban J connectivity index is 1.59. The molecule has 2 aromatic carbocycles. The van der Waals surface area contributed by atoms with Crippen molar-refractivity contribution in [3.8, 4) is 0 Å². The van der Waals surface area contributed by atoms with Crippen molar-refractivity contribution < 1.29 is 19.1 Å². The van der Waals surface area contributed by atoms with Crippen LogP contribution in [0.2, 0.25) is 0 Å². The summed E-state index contributed by atoms with van der Waals surface area (Å²) >= 11 is 0. The van der Waals surface area contributed by atoms with Gasteiger partial charge in [-0.05, 0) is 43.4 Å². The number of ether oxygens (including phenoxy) is 1. The number of benzene rings is 2. The predicted octanol–water partition coefficient (Wildman–Crippen LogP) is 4.29. The molecule has 2 aromatic rings. The minimum atomic E-state index is -0.676. The molecule has 2 aliphatic rings. The molecule has 1 atom stereocenters. The maximum absolute atomic E-state index is 12.9. The van der Waals surface area contributed by atoms with Gasteiger partial charge in [0.15, 0.2) is 0 Å². The lowest BCUT2D eigenvalue weighted by atomic mass is 9.97. The summed E-state index contributed by atoms with van der Waals surface area (Å²) in [5, 5.41) is 0. The maximum Gasteiger partial charge on any atom is 0.308 e. The second kappa shape index (κ2) is 7.97. The quantitative estimate of drug-likeness (QED) is 0.576. The number of imide groups is 1. The third-order valence-electron chi connectivity index (χ3n) is 5.53. The minimum absolute atomic E-state index is 0.0357. The Morgan fingerprint density at radius 1 is 0.893 bits per heavy atom. The van der Waals surface area contributed by atoms with E-state index in [2.05, 4.69) is 0 Å². The zero-order valence-corrected chi connectivity index (χ0v) is 15.7. The predicted molar refractivity (Wildman–Crippen MR) is 104 cm³/mol. The van der Waals surface area contributed by atoms with E-state index in [0.29, 0.717) is 11.1 Å². The van der Waals surface area contributed by atoms with Gasteiger partial charge < -0.3 is 4.74 Å². The second-order valence-electron chi connectivity index (χ2n) is 7.41.